The van der Waals surface area contributed by atoms with Gasteiger partial charge in [-0.25, -0.2) is 4.79 Å². The van der Waals surface area contributed by atoms with Gasteiger partial charge in [-0.3, -0.25) is 9.59 Å². The van der Waals surface area contributed by atoms with Crippen LogP contribution in [0.25, 0.3) is 0 Å². The Bertz CT molecular complexity index is 406. The number of carbonyl (C=O) groups is 3. The number of nitrogens with one attached hydrogen (secondary N) is 1. The van der Waals surface area contributed by atoms with Crippen molar-refractivity contribution in [1.29, 1.82) is 0 Å². The van der Waals surface area contributed by atoms with Gasteiger partial charge in [0.15, 0.2) is 6.10 Å². The summed E-state index contributed by atoms with van der Waals surface area (Å²) in [5.74, 6) is -1.30. The molecule has 2 atom stereocenters. The molecule has 0 bridgehead atoms. The first-order valence-corrected chi connectivity index (χ1v) is 7.51. The van der Waals surface area contributed by atoms with Gasteiger partial charge in [-0.2, -0.15) is 0 Å². The maximum atomic E-state index is 11.9. The number of amides is 2. The standard InChI is InChI=1S/C14H22N2O5/c17-12(16-8-2-1-3-9-16)6-7-15-13(18)10-4-5-11(21-10)14(19)20/h10-11H,1-9H2,(H,15,18)(H,19,20)/t10-,11+/m0/s1. The Labute approximate surface area is 123 Å². The topological polar surface area (TPSA) is 95.9 Å². The monoisotopic (exact) mass is 298 g/mol. The molecule has 2 fully saturated rings. The van der Waals surface area contributed by atoms with E-state index in [2.05, 4.69) is 5.32 Å². The molecular formula is C14H22N2O5. The SMILES string of the molecule is O=C(NCCC(=O)N1CCCCC1)[C@@H]1CC[C@H](C(=O)O)O1. The van der Waals surface area contributed by atoms with Crippen LogP contribution in [-0.2, 0) is 19.1 Å². The van der Waals surface area contributed by atoms with Gasteiger partial charge in [-0.15, -0.1) is 0 Å². The summed E-state index contributed by atoms with van der Waals surface area (Å²) in [4.78, 5) is 36.3. The van der Waals surface area contributed by atoms with Gasteiger partial charge < -0.3 is 20.1 Å². The summed E-state index contributed by atoms with van der Waals surface area (Å²) in [6, 6.07) is 0. The van der Waals surface area contributed by atoms with Crippen molar-refractivity contribution in [2.45, 2.75) is 50.7 Å². The number of aliphatic carboxylic acids is 1. The summed E-state index contributed by atoms with van der Waals surface area (Å²) in [6.45, 7) is 1.88. The average molecular weight is 298 g/mol. The van der Waals surface area contributed by atoms with E-state index in [0.29, 0.717) is 12.8 Å². The fourth-order valence-corrected chi connectivity index (χ4v) is 2.72. The van der Waals surface area contributed by atoms with Gasteiger partial charge in [0.25, 0.3) is 0 Å². The molecule has 2 aliphatic heterocycles. The van der Waals surface area contributed by atoms with E-state index in [9.17, 15) is 14.4 Å². The highest BCUT2D eigenvalue weighted by Crippen LogP contribution is 2.19. The Balaban J connectivity index is 1.65. The minimum atomic E-state index is -1.04. The van der Waals surface area contributed by atoms with Crippen molar-refractivity contribution in [3.63, 3.8) is 0 Å². The molecule has 118 valence electrons. The predicted octanol–water partition coefficient (Wildman–Crippen LogP) is 0.137. The molecule has 2 aliphatic rings. The zero-order valence-electron chi connectivity index (χ0n) is 12.0. The van der Waals surface area contributed by atoms with Crippen LogP contribution in [0.4, 0.5) is 0 Å². The van der Waals surface area contributed by atoms with Crippen LogP contribution in [0, 0.1) is 0 Å². The van der Waals surface area contributed by atoms with Gasteiger partial charge in [0.2, 0.25) is 11.8 Å². The van der Waals surface area contributed by atoms with Gasteiger partial charge >= 0.3 is 5.97 Å². The summed E-state index contributed by atoms with van der Waals surface area (Å²) >= 11 is 0. The van der Waals surface area contributed by atoms with E-state index in [1.54, 1.807) is 0 Å². The molecule has 2 N–H and O–H groups in total. The molecule has 7 nitrogen and oxygen atoms in total. The molecular weight excluding hydrogens is 276 g/mol. The van der Waals surface area contributed by atoms with Crippen molar-refractivity contribution in [3.05, 3.63) is 0 Å². The summed E-state index contributed by atoms with van der Waals surface area (Å²) in [5, 5.41) is 11.4. The third-order valence-corrected chi connectivity index (χ3v) is 3.93. The van der Waals surface area contributed by atoms with Crippen LogP contribution in [0.3, 0.4) is 0 Å². The first-order chi connectivity index (χ1) is 10.1. The second-order valence-corrected chi connectivity index (χ2v) is 5.51. The normalized spacial score (nSPS) is 25.6. The van der Waals surface area contributed by atoms with E-state index < -0.39 is 18.2 Å². The van der Waals surface area contributed by atoms with Crippen molar-refractivity contribution < 1.29 is 24.2 Å². The van der Waals surface area contributed by atoms with Crippen LogP contribution in [0.2, 0.25) is 0 Å². The molecule has 2 saturated heterocycles. The number of piperidine rings is 1. The van der Waals surface area contributed by atoms with Gasteiger partial charge in [-0.1, -0.05) is 0 Å². The maximum Gasteiger partial charge on any atom is 0.332 e. The lowest BCUT2D eigenvalue weighted by atomic mass is 10.1. The van der Waals surface area contributed by atoms with Crippen molar-refractivity contribution in [3.8, 4) is 0 Å². The van der Waals surface area contributed by atoms with E-state index in [1.807, 2.05) is 4.90 Å². The van der Waals surface area contributed by atoms with Crippen molar-refractivity contribution in [2.24, 2.45) is 0 Å². The van der Waals surface area contributed by atoms with Crippen LogP contribution in [0.15, 0.2) is 0 Å². The fraction of sp³-hybridized carbons (Fsp3) is 0.786. The zero-order valence-corrected chi connectivity index (χ0v) is 12.0. The number of carboxylic acids is 1. The number of nitrogens with zero attached hydrogens (tertiary/aromatic N) is 1. The van der Waals surface area contributed by atoms with Crippen molar-refractivity contribution in [2.75, 3.05) is 19.6 Å². The lowest BCUT2D eigenvalue weighted by Crippen LogP contribution is -2.40. The van der Waals surface area contributed by atoms with E-state index >= 15 is 0 Å². The fourth-order valence-electron chi connectivity index (χ4n) is 2.72. The van der Waals surface area contributed by atoms with Gasteiger partial charge in [0, 0.05) is 26.1 Å². The van der Waals surface area contributed by atoms with Crippen LogP contribution >= 0.6 is 0 Å². The van der Waals surface area contributed by atoms with Crippen molar-refractivity contribution >= 4 is 17.8 Å². The average Bonchev–Trinajstić information content (AvgIpc) is 2.98. The second-order valence-electron chi connectivity index (χ2n) is 5.51. The number of rotatable bonds is 5. The largest absolute Gasteiger partial charge is 0.479 e. The third kappa shape index (κ3) is 4.42. The Hall–Kier alpha value is -1.63. The molecule has 0 aromatic carbocycles. The summed E-state index contributed by atoms with van der Waals surface area (Å²) in [5.41, 5.74) is 0. The highest BCUT2D eigenvalue weighted by Gasteiger charge is 2.34. The Kier molecular flexibility index (Phi) is 5.55. The first kappa shape index (κ1) is 15.8. The molecule has 2 rings (SSSR count). The van der Waals surface area contributed by atoms with E-state index in [1.165, 1.54) is 6.42 Å². The highest BCUT2D eigenvalue weighted by molar-refractivity contribution is 5.83. The summed E-state index contributed by atoms with van der Waals surface area (Å²) in [6.07, 6.45) is 2.69. The Morgan fingerprint density at radius 3 is 2.38 bits per heavy atom. The second kappa shape index (κ2) is 7.40. The third-order valence-electron chi connectivity index (χ3n) is 3.93. The molecule has 0 unspecified atom stereocenters. The summed E-state index contributed by atoms with van der Waals surface area (Å²) < 4.78 is 5.15. The van der Waals surface area contributed by atoms with Crippen LogP contribution in [-0.4, -0.2) is 59.6 Å². The lowest BCUT2D eigenvalue weighted by Gasteiger charge is -2.26. The smallest absolute Gasteiger partial charge is 0.332 e. The molecule has 2 amide bonds. The van der Waals surface area contributed by atoms with E-state index in [0.717, 1.165) is 25.9 Å². The molecule has 0 spiro atoms. The lowest BCUT2D eigenvalue weighted by molar-refractivity contribution is -0.151. The molecule has 0 aliphatic carbocycles. The zero-order chi connectivity index (χ0) is 15.2. The Morgan fingerprint density at radius 1 is 1.10 bits per heavy atom. The predicted molar refractivity (Wildman–Crippen MR) is 73.6 cm³/mol. The maximum absolute atomic E-state index is 11.9. The first-order valence-electron chi connectivity index (χ1n) is 7.51. The highest BCUT2D eigenvalue weighted by atomic mass is 16.5. The molecule has 7 heteroatoms. The Morgan fingerprint density at radius 2 is 1.76 bits per heavy atom. The molecule has 2 heterocycles. The van der Waals surface area contributed by atoms with E-state index in [-0.39, 0.29) is 24.8 Å². The molecule has 21 heavy (non-hydrogen) atoms. The molecule has 0 radical (unpaired) electrons. The number of carbonyl (C=O) groups excluding carboxylic acids is 2. The van der Waals surface area contributed by atoms with Crippen LogP contribution in [0.5, 0.6) is 0 Å². The molecule has 0 saturated carbocycles. The number of hydrogen-bond donors (Lipinski definition) is 2. The number of hydrogen-bond acceptors (Lipinski definition) is 4. The van der Waals surface area contributed by atoms with Gasteiger partial charge in [0.1, 0.15) is 6.10 Å². The number of carboxylic acid groups (broad SMARTS) is 1. The number of ether oxygens (including phenoxy) is 1. The molecule has 0 aromatic heterocycles. The van der Waals surface area contributed by atoms with E-state index in [4.69, 9.17) is 9.84 Å². The number of likely N-dealkylation sites (tertiary alicyclic amines) is 1. The van der Waals surface area contributed by atoms with Gasteiger partial charge in [-0.05, 0) is 32.1 Å². The quantitative estimate of drug-likeness (QED) is 0.752. The van der Waals surface area contributed by atoms with Crippen LogP contribution < -0.4 is 5.32 Å². The minimum absolute atomic E-state index is 0.0609. The van der Waals surface area contributed by atoms with Gasteiger partial charge in [0.05, 0.1) is 0 Å². The van der Waals surface area contributed by atoms with Crippen molar-refractivity contribution in [1.82, 2.24) is 10.2 Å². The minimum Gasteiger partial charge on any atom is -0.479 e. The van der Waals surface area contributed by atoms with Crippen LogP contribution in [0.1, 0.15) is 38.5 Å². The molecule has 0 aromatic rings. The summed E-state index contributed by atoms with van der Waals surface area (Å²) in [7, 11) is 0.